The highest BCUT2D eigenvalue weighted by molar-refractivity contribution is 4.70. The minimum atomic E-state index is -0.165. The second-order valence-electron chi connectivity index (χ2n) is 4.04. The lowest BCUT2D eigenvalue weighted by Gasteiger charge is -2.28. The van der Waals surface area contributed by atoms with Gasteiger partial charge in [-0.25, -0.2) is 0 Å². The molecule has 1 N–H and O–H groups in total. The van der Waals surface area contributed by atoms with Crippen molar-refractivity contribution in [3.05, 3.63) is 0 Å². The van der Waals surface area contributed by atoms with Crippen LogP contribution in [0.4, 0.5) is 0 Å². The molecule has 0 spiro atoms. The van der Waals surface area contributed by atoms with Crippen LogP contribution in [-0.2, 0) is 4.74 Å². The van der Waals surface area contributed by atoms with Gasteiger partial charge in [-0.1, -0.05) is 6.92 Å². The Morgan fingerprint density at radius 1 is 1.50 bits per heavy atom. The molecule has 0 amide bonds. The zero-order chi connectivity index (χ0) is 8.97. The minimum Gasteiger partial charge on any atom is -0.393 e. The first-order valence-corrected chi connectivity index (χ1v) is 4.96. The zero-order valence-electron chi connectivity index (χ0n) is 8.12. The molecule has 1 fully saturated rings. The highest BCUT2D eigenvalue weighted by Gasteiger charge is 2.21. The van der Waals surface area contributed by atoms with Crippen molar-refractivity contribution in [2.45, 2.75) is 39.2 Å². The Bertz CT molecular complexity index is 117. The summed E-state index contributed by atoms with van der Waals surface area (Å²) >= 11 is 0. The summed E-state index contributed by atoms with van der Waals surface area (Å²) in [5.74, 6) is 1.28. The molecule has 1 saturated heterocycles. The molecule has 12 heavy (non-hydrogen) atoms. The van der Waals surface area contributed by atoms with Gasteiger partial charge in [0.15, 0.2) is 0 Å². The molecule has 0 aromatic heterocycles. The fraction of sp³-hybridized carbons (Fsp3) is 1.00. The van der Waals surface area contributed by atoms with E-state index in [4.69, 9.17) is 4.74 Å². The van der Waals surface area contributed by atoms with E-state index in [0.29, 0.717) is 11.8 Å². The van der Waals surface area contributed by atoms with E-state index in [2.05, 4.69) is 6.92 Å². The van der Waals surface area contributed by atoms with E-state index in [1.807, 2.05) is 6.92 Å². The normalized spacial score (nSPS) is 29.8. The third kappa shape index (κ3) is 3.11. The summed E-state index contributed by atoms with van der Waals surface area (Å²) in [6.07, 6.45) is 3.21. The van der Waals surface area contributed by atoms with E-state index in [0.717, 1.165) is 19.6 Å². The van der Waals surface area contributed by atoms with E-state index >= 15 is 0 Å². The standard InChI is InChI=1S/C10H20O2/c1-8(6-9(2)11)10-4-3-5-12-7-10/h8-11H,3-7H2,1-2H3. The van der Waals surface area contributed by atoms with Gasteiger partial charge < -0.3 is 9.84 Å². The van der Waals surface area contributed by atoms with Gasteiger partial charge in [-0.2, -0.15) is 0 Å². The molecule has 1 aliphatic rings. The van der Waals surface area contributed by atoms with Crippen molar-refractivity contribution in [3.63, 3.8) is 0 Å². The highest BCUT2D eigenvalue weighted by Crippen LogP contribution is 2.25. The van der Waals surface area contributed by atoms with Crippen LogP contribution in [0.15, 0.2) is 0 Å². The molecule has 0 bridgehead atoms. The maximum absolute atomic E-state index is 9.21. The van der Waals surface area contributed by atoms with Crippen molar-refractivity contribution in [2.24, 2.45) is 11.8 Å². The van der Waals surface area contributed by atoms with E-state index < -0.39 is 0 Å². The van der Waals surface area contributed by atoms with Crippen molar-refractivity contribution in [1.82, 2.24) is 0 Å². The van der Waals surface area contributed by atoms with Crippen molar-refractivity contribution in [1.29, 1.82) is 0 Å². The Labute approximate surface area is 74.9 Å². The van der Waals surface area contributed by atoms with Gasteiger partial charge in [-0.15, -0.1) is 0 Å². The number of aliphatic hydroxyl groups excluding tert-OH is 1. The van der Waals surface area contributed by atoms with Gasteiger partial charge in [0, 0.05) is 13.2 Å². The second kappa shape index (κ2) is 4.83. The van der Waals surface area contributed by atoms with Crippen LogP contribution in [0, 0.1) is 11.8 Å². The molecular weight excluding hydrogens is 152 g/mol. The first-order valence-electron chi connectivity index (χ1n) is 4.96. The van der Waals surface area contributed by atoms with Crippen LogP contribution in [0.5, 0.6) is 0 Å². The number of aliphatic hydroxyl groups is 1. The van der Waals surface area contributed by atoms with Gasteiger partial charge in [0.1, 0.15) is 0 Å². The van der Waals surface area contributed by atoms with E-state index in [1.54, 1.807) is 0 Å². The molecule has 3 unspecified atom stereocenters. The molecule has 0 saturated carbocycles. The predicted molar refractivity (Wildman–Crippen MR) is 49.0 cm³/mol. The van der Waals surface area contributed by atoms with Crippen molar-refractivity contribution >= 4 is 0 Å². The third-order valence-electron chi connectivity index (χ3n) is 2.71. The molecule has 3 atom stereocenters. The van der Waals surface area contributed by atoms with Crippen LogP contribution in [-0.4, -0.2) is 24.4 Å². The van der Waals surface area contributed by atoms with Gasteiger partial charge in [0.25, 0.3) is 0 Å². The first kappa shape index (κ1) is 10.0. The SMILES string of the molecule is CC(O)CC(C)C1CCCOC1. The Hall–Kier alpha value is -0.0800. The summed E-state index contributed by atoms with van der Waals surface area (Å²) < 4.78 is 5.40. The molecule has 72 valence electrons. The minimum absolute atomic E-state index is 0.165. The molecular formula is C10H20O2. The fourth-order valence-electron chi connectivity index (χ4n) is 1.94. The van der Waals surface area contributed by atoms with E-state index in [9.17, 15) is 5.11 Å². The Morgan fingerprint density at radius 3 is 2.75 bits per heavy atom. The van der Waals surface area contributed by atoms with Gasteiger partial charge in [0.2, 0.25) is 0 Å². The summed E-state index contributed by atoms with van der Waals surface area (Å²) in [7, 11) is 0. The van der Waals surface area contributed by atoms with Crippen LogP contribution < -0.4 is 0 Å². The highest BCUT2D eigenvalue weighted by atomic mass is 16.5. The Morgan fingerprint density at radius 2 is 2.25 bits per heavy atom. The molecule has 0 aromatic rings. The molecule has 0 aliphatic carbocycles. The second-order valence-corrected chi connectivity index (χ2v) is 4.04. The maximum atomic E-state index is 9.21. The maximum Gasteiger partial charge on any atom is 0.0514 e. The summed E-state index contributed by atoms with van der Waals surface area (Å²) in [6, 6.07) is 0. The predicted octanol–water partition coefficient (Wildman–Crippen LogP) is 1.82. The number of ether oxygens (including phenoxy) is 1. The molecule has 1 rings (SSSR count). The summed E-state index contributed by atoms with van der Waals surface area (Å²) in [5, 5.41) is 9.21. The molecule has 0 aromatic carbocycles. The average molecular weight is 172 g/mol. The molecule has 1 heterocycles. The van der Waals surface area contributed by atoms with Crippen molar-refractivity contribution in [2.75, 3.05) is 13.2 Å². The van der Waals surface area contributed by atoms with Crippen LogP contribution in [0.1, 0.15) is 33.1 Å². The summed E-state index contributed by atoms with van der Waals surface area (Å²) in [5.41, 5.74) is 0. The van der Waals surface area contributed by atoms with Crippen LogP contribution in [0.2, 0.25) is 0 Å². The molecule has 0 radical (unpaired) electrons. The van der Waals surface area contributed by atoms with Gasteiger partial charge >= 0.3 is 0 Å². The summed E-state index contributed by atoms with van der Waals surface area (Å²) in [4.78, 5) is 0. The lowest BCUT2D eigenvalue weighted by molar-refractivity contribution is 0.0230. The van der Waals surface area contributed by atoms with Gasteiger partial charge in [0.05, 0.1) is 6.10 Å². The third-order valence-corrected chi connectivity index (χ3v) is 2.71. The molecule has 2 nitrogen and oxygen atoms in total. The largest absolute Gasteiger partial charge is 0.393 e. The number of hydrogen-bond acceptors (Lipinski definition) is 2. The van der Waals surface area contributed by atoms with Crippen LogP contribution in [0.3, 0.4) is 0 Å². The fourth-order valence-corrected chi connectivity index (χ4v) is 1.94. The van der Waals surface area contributed by atoms with E-state index in [1.165, 1.54) is 12.8 Å². The Kier molecular flexibility index (Phi) is 4.02. The van der Waals surface area contributed by atoms with Crippen LogP contribution in [0.25, 0.3) is 0 Å². The smallest absolute Gasteiger partial charge is 0.0514 e. The van der Waals surface area contributed by atoms with E-state index in [-0.39, 0.29) is 6.10 Å². The topological polar surface area (TPSA) is 29.5 Å². The van der Waals surface area contributed by atoms with Crippen molar-refractivity contribution in [3.8, 4) is 0 Å². The quantitative estimate of drug-likeness (QED) is 0.703. The molecule has 2 heteroatoms. The van der Waals surface area contributed by atoms with Crippen molar-refractivity contribution < 1.29 is 9.84 Å². The number of rotatable bonds is 3. The van der Waals surface area contributed by atoms with Crippen LogP contribution >= 0.6 is 0 Å². The lowest BCUT2D eigenvalue weighted by Crippen LogP contribution is -2.25. The summed E-state index contributed by atoms with van der Waals surface area (Å²) in [6.45, 7) is 5.90. The molecule has 1 aliphatic heterocycles. The Balaban J connectivity index is 2.24. The number of hydrogen-bond donors (Lipinski definition) is 1. The zero-order valence-corrected chi connectivity index (χ0v) is 8.12. The lowest BCUT2D eigenvalue weighted by atomic mass is 9.86. The monoisotopic (exact) mass is 172 g/mol. The first-order chi connectivity index (χ1) is 5.70. The average Bonchev–Trinajstić information content (AvgIpc) is 2.05. The van der Waals surface area contributed by atoms with Gasteiger partial charge in [-0.3, -0.25) is 0 Å². The van der Waals surface area contributed by atoms with Gasteiger partial charge in [-0.05, 0) is 38.0 Å².